The number of carbonyl (C=O) groups excluding carboxylic acids is 1. The minimum atomic E-state index is -0.123. The number of rotatable bonds is 5. The summed E-state index contributed by atoms with van der Waals surface area (Å²) in [5, 5.41) is 3.31. The van der Waals surface area contributed by atoms with Crippen molar-refractivity contribution in [3.63, 3.8) is 0 Å². The molecule has 0 amide bonds. The van der Waals surface area contributed by atoms with Crippen LogP contribution in [0.2, 0.25) is 0 Å². The van der Waals surface area contributed by atoms with Gasteiger partial charge in [0.05, 0.1) is 24.8 Å². The molecular formula is C20H26N4O3. The molecule has 1 aliphatic rings. The molecule has 0 saturated carbocycles. The molecule has 0 aliphatic carbocycles. The Morgan fingerprint density at radius 3 is 2.96 bits per heavy atom. The van der Waals surface area contributed by atoms with Gasteiger partial charge in [-0.2, -0.15) is 0 Å². The number of hydrogen-bond donors (Lipinski definition) is 1. The number of benzene rings is 1. The molecular weight excluding hydrogens is 344 g/mol. The lowest BCUT2D eigenvalue weighted by Crippen LogP contribution is -2.48. The van der Waals surface area contributed by atoms with Crippen molar-refractivity contribution in [2.75, 3.05) is 26.7 Å². The third kappa shape index (κ3) is 4.87. The molecule has 7 heteroatoms. The molecule has 1 saturated heterocycles. The summed E-state index contributed by atoms with van der Waals surface area (Å²) in [6, 6.07) is 9.79. The maximum Gasteiger partial charge on any atom is 0.310 e. The number of guanidine groups is 1. The number of carbonyl (C=O) groups is 1. The van der Waals surface area contributed by atoms with E-state index >= 15 is 0 Å². The summed E-state index contributed by atoms with van der Waals surface area (Å²) in [6.45, 7) is 4.23. The normalized spacial score (nSPS) is 17.6. The third-order valence-electron chi connectivity index (χ3n) is 4.55. The zero-order valence-electron chi connectivity index (χ0n) is 15.9. The molecule has 1 aromatic heterocycles. The number of ether oxygens (including phenoxy) is 1. The number of piperidine rings is 1. The highest BCUT2D eigenvalue weighted by atomic mass is 16.5. The van der Waals surface area contributed by atoms with Crippen molar-refractivity contribution in [3.05, 3.63) is 42.3 Å². The summed E-state index contributed by atoms with van der Waals surface area (Å²) in [5.41, 5.74) is 1.75. The quantitative estimate of drug-likeness (QED) is 0.495. The summed E-state index contributed by atoms with van der Waals surface area (Å²) in [7, 11) is 1.74. The molecule has 1 fully saturated rings. The predicted molar refractivity (Wildman–Crippen MR) is 103 cm³/mol. The minimum absolute atomic E-state index is 0.103. The second-order valence-corrected chi connectivity index (χ2v) is 6.45. The van der Waals surface area contributed by atoms with Gasteiger partial charge in [0.25, 0.3) is 0 Å². The molecule has 1 N–H and O–H groups in total. The van der Waals surface area contributed by atoms with Gasteiger partial charge in [0.2, 0.25) is 5.89 Å². The average molecular weight is 370 g/mol. The number of nitrogens with one attached hydrogen (secondary N) is 1. The first-order valence-corrected chi connectivity index (χ1v) is 9.33. The van der Waals surface area contributed by atoms with Crippen LogP contribution in [-0.2, 0) is 16.1 Å². The van der Waals surface area contributed by atoms with Gasteiger partial charge in [0.15, 0.2) is 5.96 Å². The molecule has 1 unspecified atom stereocenters. The molecule has 0 radical (unpaired) electrons. The van der Waals surface area contributed by atoms with Crippen molar-refractivity contribution in [2.45, 2.75) is 26.3 Å². The van der Waals surface area contributed by atoms with E-state index in [2.05, 4.69) is 20.2 Å². The van der Waals surface area contributed by atoms with Crippen molar-refractivity contribution >= 4 is 11.9 Å². The fraction of sp³-hybridized carbons (Fsp3) is 0.450. The van der Waals surface area contributed by atoms with E-state index in [1.807, 2.05) is 37.3 Å². The number of oxazole rings is 1. The van der Waals surface area contributed by atoms with Gasteiger partial charge in [-0.1, -0.05) is 18.2 Å². The number of esters is 1. The summed E-state index contributed by atoms with van der Waals surface area (Å²) >= 11 is 0. The highest BCUT2D eigenvalue weighted by Crippen LogP contribution is 2.19. The number of aliphatic imine (C=N–C) groups is 1. The second-order valence-electron chi connectivity index (χ2n) is 6.45. The Morgan fingerprint density at radius 2 is 2.22 bits per heavy atom. The Balaban J connectivity index is 1.58. The van der Waals surface area contributed by atoms with Gasteiger partial charge in [-0.15, -0.1) is 0 Å². The summed E-state index contributed by atoms with van der Waals surface area (Å²) in [4.78, 5) is 23.0. The van der Waals surface area contributed by atoms with Crippen LogP contribution in [0.4, 0.5) is 0 Å². The number of likely N-dealkylation sites (tertiary alicyclic amines) is 1. The highest BCUT2D eigenvalue weighted by molar-refractivity contribution is 5.81. The molecule has 1 aromatic carbocycles. The first-order valence-electron chi connectivity index (χ1n) is 9.33. The molecule has 0 spiro atoms. The molecule has 1 atom stereocenters. The van der Waals surface area contributed by atoms with Crippen LogP contribution in [0.25, 0.3) is 11.5 Å². The van der Waals surface area contributed by atoms with E-state index in [1.165, 1.54) is 0 Å². The summed E-state index contributed by atoms with van der Waals surface area (Å²) in [5.74, 6) is 1.13. The van der Waals surface area contributed by atoms with Crippen LogP contribution in [-0.4, -0.2) is 48.6 Å². The second kappa shape index (κ2) is 9.21. The van der Waals surface area contributed by atoms with Crippen LogP contribution < -0.4 is 5.32 Å². The Morgan fingerprint density at radius 1 is 1.41 bits per heavy atom. The van der Waals surface area contributed by atoms with Gasteiger partial charge >= 0.3 is 5.97 Å². The topological polar surface area (TPSA) is 80.0 Å². The third-order valence-corrected chi connectivity index (χ3v) is 4.55. The van der Waals surface area contributed by atoms with E-state index in [1.54, 1.807) is 13.3 Å². The van der Waals surface area contributed by atoms with E-state index in [4.69, 9.17) is 9.15 Å². The molecule has 2 aromatic rings. The molecule has 27 heavy (non-hydrogen) atoms. The Kier molecular flexibility index (Phi) is 6.46. The van der Waals surface area contributed by atoms with E-state index in [0.29, 0.717) is 25.6 Å². The van der Waals surface area contributed by atoms with Gasteiger partial charge in [0.1, 0.15) is 6.26 Å². The fourth-order valence-corrected chi connectivity index (χ4v) is 3.23. The van der Waals surface area contributed by atoms with Crippen molar-refractivity contribution in [1.82, 2.24) is 15.2 Å². The summed E-state index contributed by atoms with van der Waals surface area (Å²) in [6.07, 6.45) is 3.45. The zero-order valence-corrected chi connectivity index (χ0v) is 15.9. The number of aromatic nitrogens is 1. The lowest BCUT2D eigenvalue weighted by molar-refractivity contribution is -0.149. The van der Waals surface area contributed by atoms with Crippen molar-refractivity contribution < 1.29 is 13.9 Å². The van der Waals surface area contributed by atoms with Gasteiger partial charge in [-0.05, 0) is 31.9 Å². The minimum Gasteiger partial charge on any atom is -0.466 e. The van der Waals surface area contributed by atoms with Crippen molar-refractivity contribution in [2.24, 2.45) is 10.9 Å². The molecule has 7 nitrogen and oxygen atoms in total. The lowest BCUT2D eigenvalue weighted by Gasteiger charge is -2.33. The maximum atomic E-state index is 12.0. The standard InChI is InChI=1S/C20H26N4O3/c1-3-26-19(25)16-10-7-11-24(13-16)20(21-2)22-12-17-14-27-18(23-17)15-8-5-4-6-9-15/h4-6,8-9,14,16H,3,7,10-13H2,1-2H3,(H,21,22). The van der Waals surface area contributed by atoms with Crippen molar-refractivity contribution in [1.29, 1.82) is 0 Å². The molecule has 144 valence electrons. The van der Waals surface area contributed by atoms with E-state index in [-0.39, 0.29) is 11.9 Å². The smallest absolute Gasteiger partial charge is 0.310 e. The molecule has 2 heterocycles. The van der Waals surface area contributed by atoms with Gasteiger partial charge in [0, 0.05) is 25.7 Å². The Hall–Kier alpha value is -2.83. The van der Waals surface area contributed by atoms with E-state index in [9.17, 15) is 4.79 Å². The SMILES string of the molecule is CCOC(=O)C1CCCN(C(=NC)NCc2coc(-c3ccccc3)n2)C1. The number of hydrogen-bond acceptors (Lipinski definition) is 5. The predicted octanol–water partition coefficient (Wildman–Crippen LogP) is 2.69. The first-order chi connectivity index (χ1) is 13.2. The highest BCUT2D eigenvalue weighted by Gasteiger charge is 2.28. The Bertz CT molecular complexity index is 773. The van der Waals surface area contributed by atoms with Gasteiger partial charge < -0.3 is 19.4 Å². The maximum absolute atomic E-state index is 12.0. The fourth-order valence-electron chi connectivity index (χ4n) is 3.23. The van der Waals surface area contributed by atoms with Crippen LogP contribution in [0.3, 0.4) is 0 Å². The monoisotopic (exact) mass is 370 g/mol. The molecule has 3 rings (SSSR count). The van der Waals surface area contributed by atoms with Crippen LogP contribution in [0.1, 0.15) is 25.5 Å². The van der Waals surface area contributed by atoms with Crippen molar-refractivity contribution in [3.8, 4) is 11.5 Å². The number of nitrogens with zero attached hydrogens (tertiary/aromatic N) is 3. The van der Waals surface area contributed by atoms with Crippen LogP contribution in [0.15, 0.2) is 46.0 Å². The largest absolute Gasteiger partial charge is 0.466 e. The molecule has 1 aliphatic heterocycles. The van der Waals surface area contributed by atoms with Crippen LogP contribution in [0.5, 0.6) is 0 Å². The average Bonchev–Trinajstić information content (AvgIpc) is 3.19. The Labute approximate surface area is 159 Å². The molecule has 0 bridgehead atoms. The summed E-state index contributed by atoms with van der Waals surface area (Å²) < 4.78 is 10.7. The van der Waals surface area contributed by atoms with E-state index in [0.717, 1.165) is 36.6 Å². The van der Waals surface area contributed by atoms with Gasteiger partial charge in [-0.3, -0.25) is 9.79 Å². The van der Waals surface area contributed by atoms with Crippen LogP contribution >= 0.6 is 0 Å². The van der Waals surface area contributed by atoms with Gasteiger partial charge in [-0.25, -0.2) is 4.98 Å². The van der Waals surface area contributed by atoms with Crippen LogP contribution in [0, 0.1) is 5.92 Å². The zero-order chi connectivity index (χ0) is 19.1. The first kappa shape index (κ1) is 18.9. The van der Waals surface area contributed by atoms with E-state index < -0.39 is 0 Å². The lowest BCUT2D eigenvalue weighted by atomic mass is 9.98.